The molecule has 7 heteroatoms. The first kappa shape index (κ1) is 11.9. The number of amides is 2. The molecule has 0 radical (unpaired) electrons. The predicted octanol–water partition coefficient (Wildman–Crippen LogP) is 0.709. The fraction of sp³-hybridized carbons (Fsp3) is 0.222. The average Bonchev–Trinajstić information content (AvgIpc) is 2.27. The standard InChI is InChI=1S/C9H11N3O4/c13-6-5-10-9(14)11-7-3-1-2-4-8(7)12(15)16/h1-4,13H,5-6H2,(H2,10,11,14). The van der Waals surface area contributed by atoms with Gasteiger partial charge in [-0.15, -0.1) is 0 Å². The Kier molecular flexibility index (Phi) is 4.22. The number of carbonyl (C=O) groups is 1. The van der Waals surface area contributed by atoms with Crippen LogP contribution in [0.4, 0.5) is 16.2 Å². The van der Waals surface area contributed by atoms with Gasteiger partial charge in [0.15, 0.2) is 0 Å². The van der Waals surface area contributed by atoms with Gasteiger partial charge in [-0.25, -0.2) is 4.79 Å². The summed E-state index contributed by atoms with van der Waals surface area (Å²) < 4.78 is 0. The molecule has 0 heterocycles. The number of hydrogen-bond acceptors (Lipinski definition) is 4. The van der Waals surface area contributed by atoms with Crippen LogP contribution in [0.15, 0.2) is 24.3 Å². The fourth-order valence-corrected chi connectivity index (χ4v) is 1.07. The third-order valence-electron chi connectivity index (χ3n) is 1.75. The normalized spacial score (nSPS) is 9.56. The van der Waals surface area contributed by atoms with Gasteiger partial charge in [0.1, 0.15) is 5.69 Å². The van der Waals surface area contributed by atoms with Gasteiger partial charge in [-0.1, -0.05) is 12.1 Å². The number of nitro benzene ring substituents is 1. The Balaban J connectivity index is 2.73. The molecule has 0 spiro atoms. The van der Waals surface area contributed by atoms with E-state index in [1.807, 2.05) is 0 Å². The lowest BCUT2D eigenvalue weighted by Crippen LogP contribution is -2.31. The summed E-state index contributed by atoms with van der Waals surface area (Å²) in [7, 11) is 0. The Morgan fingerprint density at radius 3 is 2.75 bits per heavy atom. The molecule has 0 atom stereocenters. The Morgan fingerprint density at radius 1 is 1.44 bits per heavy atom. The molecule has 0 saturated carbocycles. The molecule has 0 saturated heterocycles. The minimum atomic E-state index is -0.594. The fourth-order valence-electron chi connectivity index (χ4n) is 1.07. The molecule has 16 heavy (non-hydrogen) atoms. The number of aliphatic hydroxyl groups is 1. The molecule has 0 aliphatic heterocycles. The molecular weight excluding hydrogens is 214 g/mol. The highest BCUT2D eigenvalue weighted by Crippen LogP contribution is 2.22. The summed E-state index contributed by atoms with van der Waals surface area (Å²) in [5.41, 5.74) is -0.0652. The van der Waals surface area contributed by atoms with Crippen molar-refractivity contribution in [3.63, 3.8) is 0 Å². The molecule has 1 rings (SSSR count). The number of aliphatic hydroxyl groups excluding tert-OH is 1. The van der Waals surface area contributed by atoms with Crippen molar-refractivity contribution in [1.29, 1.82) is 0 Å². The van der Waals surface area contributed by atoms with Gasteiger partial charge in [0.05, 0.1) is 11.5 Å². The second-order valence-corrected chi connectivity index (χ2v) is 2.88. The molecule has 3 N–H and O–H groups in total. The van der Waals surface area contributed by atoms with Gasteiger partial charge in [-0.05, 0) is 6.07 Å². The molecule has 2 amide bonds. The molecule has 0 unspecified atom stereocenters. The van der Waals surface area contributed by atoms with E-state index >= 15 is 0 Å². The van der Waals surface area contributed by atoms with E-state index < -0.39 is 11.0 Å². The highest BCUT2D eigenvalue weighted by Gasteiger charge is 2.13. The predicted molar refractivity (Wildman–Crippen MR) is 57.2 cm³/mol. The van der Waals surface area contributed by atoms with Gasteiger partial charge in [0.2, 0.25) is 0 Å². The van der Waals surface area contributed by atoms with Crippen LogP contribution >= 0.6 is 0 Å². The number of para-hydroxylation sites is 2. The van der Waals surface area contributed by atoms with E-state index in [4.69, 9.17) is 5.11 Å². The van der Waals surface area contributed by atoms with Crippen LogP contribution in [0.25, 0.3) is 0 Å². The highest BCUT2D eigenvalue weighted by molar-refractivity contribution is 5.91. The Hall–Kier alpha value is -2.15. The van der Waals surface area contributed by atoms with Crippen LogP contribution in [-0.2, 0) is 0 Å². The number of rotatable bonds is 4. The number of nitrogens with zero attached hydrogens (tertiary/aromatic N) is 1. The van der Waals surface area contributed by atoms with E-state index in [-0.39, 0.29) is 24.5 Å². The topological polar surface area (TPSA) is 104 Å². The molecule has 1 aromatic carbocycles. The smallest absolute Gasteiger partial charge is 0.319 e. The molecule has 0 aliphatic carbocycles. The molecule has 1 aromatic rings. The summed E-state index contributed by atoms with van der Waals surface area (Å²) in [6.07, 6.45) is 0. The quantitative estimate of drug-likeness (QED) is 0.518. The van der Waals surface area contributed by atoms with Gasteiger partial charge in [-0.3, -0.25) is 10.1 Å². The van der Waals surface area contributed by atoms with E-state index in [1.54, 1.807) is 6.07 Å². The minimum absolute atomic E-state index is 0.0897. The van der Waals surface area contributed by atoms with Gasteiger partial charge >= 0.3 is 6.03 Å². The maximum absolute atomic E-state index is 11.2. The maximum Gasteiger partial charge on any atom is 0.319 e. The van der Waals surface area contributed by atoms with Crippen molar-refractivity contribution in [3.8, 4) is 0 Å². The van der Waals surface area contributed by atoms with Crippen molar-refractivity contribution in [2.75, 3.05) is 18.5 Å². The Morgan fingerprint density at radius 2 is 2.12 bits per heavy atom. The van der Waals surface area contributed by atoms with E-state index in [2.05, 4.69) is 10.6 Å². The number of urea groups is 1. The van der Waals surface area contributed by atoms with Crippen LogP contribution in [0, 0.1) is 10.1 Å². The van der Waals surface area contributed by atoms with E-state index in [0.717, 1.165) is 0 Å². The largest absolute Gasteiger partial charge is 0.395 e. The summed E-state index contributed by atoms with van der Waals surface area (Å²) in [5.74, 6) is 0. The number of benzene rings is 1. The lowest BCUT2D eigenvalue weighted by molar-refractivity contribution is -0.383. The van der Waals surface area contributed by atoms with Crippen LogP contribution in [0.2, 0.25) is 0 Å². The van der Waals surface area contributed by atoms with Crippen LogP contribution in [0.1, 0.15) is 0 Å². The van der Waals surface area contributed by atoms with Crippen molar-refractivity contribution in [1.82, 2.24) is 5.32 Å². The van der Waals surface area contributed by atoms with Gasteiger partial charge < -0.3 is 15.7 Å². The average molecular weight is 225 g/mol. The van der Waals surface area contributed by atoms with Crippen LogP contribution in [0.3, 0.4) is 0 Å². The second-order valence-electron chi connectivity index (χ2n) is 2.88. The van der Waals surface area contributed by atoms with E-state index in [1.165, 1.54) is 18.2 Å². The first-order valence-corrected chi connectivity index (χ1v) is 4.54. The molecule has 7 nitrogen and oxygen atoms in total. The van der Waals surface area contributed by atoms with Crippen LogP contribution in [-0.4, -0.2) is 29.2 Å². The van der Waals surface area contributed by atoms with Crippen molar-refractivity contribution < 1.29 is 14.8 Å². The number of nitro groups is 1. The summed E-state index contributed by atoms with van der Waals surface area (Å²) in [4.78, 5) is 21.2. The van der Waals surface area contributed by atoms with Crippen LogP contribution in [0.5, 0.6) is 0 Å². The molecule has 0 fully saturated rings. The number of anilines is 1. The van der Waals surface area contributed by atoms with Crippen LogP contribution < -0.4 is 10.6 Å². The van der Waals surface area contributed by atoms with Gasteiger partial charge in [0, 0.05) is 12.6 Å². The Labute approximate surface area is 91.2 Å². The monoisotopic (exact) mass is 225 g/mol. The molecule has 0 bridgehead atoms. The minimum Gasteiger partial charge on any atom is -0.395 e. The van der Waals surface area contributed by atoms with E-state index in [0.29, 0.717) is 0 Å². The molecule has 86 valence electrons. The molecule has 0 aromatic heterocycles. The summed E-state index contributed by atoms with van der Waals surface area (Å²) in [5, 5.41) is 23.7. The van der Waals surface area contributed by atoms with Crippen molar-refractivity contribution in [2.45, 2.75) is 0 Å². The lowest BCUT2D eigenvalue weighted by atomic mass is 10.3. The zero-order chi connectivity index (χ0) is 12.0. The van der Waals surface area contributed by atoms with Crippen molar-refractivity contribution >= 4 is 17.4 Å². The zero-order valence-corrected chi connectivity index (χ0v) is 8.34. The first-order valence-electron chi connectivity index (χ1n) is 4.54. The zero-order valence-electron chi connectivity index (χ0n) is 8.34. The summed E-state index contributed by atoms with van der Waals surface area (Å²) >= 11 is 0. The SMILES string of the molecule is O=C(NCCO)Nc1ccccc1[N+](=O)[O-]. The third-order valence-corrected chi connectivity index (χ3v) is 1.75. The summed E-state index contributed by atoms with van der Waals surface area (Å²) in [6, 6.07) is 5.21. The maximum atomic E-state index is 11.2. The van der Waals surface area contributed by atoms with Gasteiger partial charge in [-0.2, -0.15) is 0 Å². The van der Waals surface area contributed by atoms with Crippen molar-refractivity contribution in [3.05, 3.63) is 34.4 Å². The highest BCUT2D eigenvalue weighted by atomic mass is 16.6. The Bertz CT molecular complexity index is 394. The van der Waals surface area contributed by atoms with Gasteiger partial charge in [0.25, 0.3) is 5.69 Å². The number of hydrogen-bond donors (Lipinski definition) is 3. The summed E-state index contributed by atoms with van der Waals surface area (Å²) in [6.45, 7) is -0.100. The number of nitrogens with one attached hydrogen (secondary N) is 2. The lowest BCUT2D eigenvalue weighted by Gasteiger charge is -2.06. The first-order chi connectivity index (χ1) is 7.65. The molecule has 0 aliphatic rings. The third kappa shape index (κ3) is 3.21. The second kappa shape index (κ2) is 5.66. The number of carbonyl (C=O) groups excluding carboxylic acids is 1. The van der Waals surface area contributed by atoms with E-state index in [9.17, 15) is 14.9 Å². The molecular formula is C9H11N3O4. The van der Waals surface area contributed by atoms with Crippen molar-refractivity contribution in [2.24, 2.45) is 0 Å².